The molecule has 3 rings (SSSR count). The normalized spacial score (nSPS) is 28.4. The number of carbonyl (C=O) groups is 1. The highest BCUT2D eigenvalue weighted by molar-refractivity contribution is 7.13. The summed E-state index contributed by atoms with van der Waals surface area (Å²) in [6.45, 7) is 0. The first-order valence-electron chi connectivity index (χ1n) is 5.33. The number of hydrogen-bond acceptors (Lipinski definition) is 3. The number of fused-ring (bicyclic) bond motifs is 2. The lowest BCUT2D eigenvalue weighted by Gasteiger charge is -2.21. The van der Waals surface area contributed by atoms with Crippen molar-refractivity contribution < 1.29 is 4.79 Å². The van der Waals surface area contributed by atoms with E-state index < -0.39 is 0 Å². The van der Waals surface area contributed by atoms with Crippen LogP contribution in [0.3, 0.4) is 0 Å². The quantitative estimate of drug-likeness (QED) is 0.794. The predicted octanol–water partition coefficient (Wildman–Crippen LogP) is 2.30. The van der Waals surface area contributed by atoms with Crippen molar-refractivity contribution in [2.45, 2.75) is 37.8 Å². The summed E-state index contributed by atoms with van der Waals surface area (Å²) in [5.74, 6) is 0. The molecule has 0 aromatic carbocycles. The van der Waals surface area contributed by atoms with Gasteiger partial charge in [0.2, 0.25) is 0 Å². The van der Waals surface area contributed by atoms with Gasteiger partial charge in [-0.1, -0.05) is 0 Å². The molecular formula is C10H13N3OS. The average Bonchev–Trinajstić information content (AvgIpc) is 2.91. The molecule has 1 aromatic heterocycles. The van der Waals surface area contributed by atoms with Gasteiger partial charge in [-0.05, 0) is 25.7 Å². The Kier molecular flexibility index (Phi) is 2.12. The number of aromatic nitrogens is 1. The van der Waals surface area contributed by atoms with Crippen molar-refractivity contribution in [1.82, 2.24) is 9.88 Å². The summed E-state index contributed by atoms with van der Waals surface area (Å²) in [5.41, 5.74) is 0. The fourth-order valence-corrected chi connectivity index (χ4v) is 3.20. The minimum Gasteiger partial charge on any atom is -0.319 e. The van der Waals surface area contributed by atoms with E-state index in [0.29, 0.717) is 17.2 Å². The van der Waals surface area contributed by atoms with Crippen molar-refractivity contribution >= 4 is 22.5 Å². The second-order valence-corrected chi connectivity index (χ2v) is 5.03. The zero-order valence-corrected chi connectivity index (χ0v) is 9.17. The highest BCUT2D eigenvalue weighted by atomic mass is 32.1. The second-order valence-electron chi connectivity index (χ2n) is 4.14. The molecule has 2 bridgehead atoms. The molecule has 2 amide bonds. The van der Waals surface area contributed by atoms with Gasteiger partial charge in [0, 0.05) is 23.7 Å². The van der Waals surface area contributed by atoms with Crippen LogP contribution < -0.4 is 5.32 Å². The molecule has 4 nitrogen and oxygen atoms in total. The Hall–Kier alpha value is -1.10. The Bertz CT molecular complexity index is 345. The monoisotopic (exact) mass is 223 g/mol. The van der Waals surface area contributed by atoms with E-state index in [0.717, 1.165) is 0 Å². The number of carbonyl (C=O) groups excluding carboxylic acids is 1. The van der Waals surface area contributed by atoms with Crippen molar-refractivity contribution in [3.05, 3.63) is 11.6 Å². The molecule has 0 radical (unpaired) electrons. The van der Waals surface area contributed by atoms with Crippen LogP contribution in [-0.4, -0.2) is 28.0 Å². The van der Waals surface area contributed by atoms with Crippen LogP contribution in [-0.2, 0) is 0 Å². The SMILES string of the molecule is O=C(Nc1nccs1)N1C2CCC1CC2. The Morgan fingerprint density at radius 3 is 2.60 bits per heavy atom. The summed E-state index contributed by atoms with van der Waals surface area (Å²) in [5, 5.41) is 5.43. The van der Waals surface area contributed by atoms with Crippen molar-refractivity contribution in [3.8, 4) is 0 Å². The summed E-state index contributed by atoms with van der Waals surface area (Å²) < 4.78 is 0. The molecular weight excluding hydrogens is 210 g/mol. The van der Waals surface area contributed by atoms with Crippen molar-refractivity contribution in [1.29, 1.82) is 0 Å². The van der Waals surface area contributed by atoms with E-state index in [9.17, 15) is 4.79 Å². The van der Waals surface area contributed by atoms with Crippen LogP contribution in [0, 0.1) is 0 Å². The van der Waals surface area contributed by atoms with E-state index in [-0.39, 0.29) is 6.03 Å². The summed E-state index contributed by atoms with van der Waals surface area (Å²) in [4.78, 5) is 18.0. The maximum Gasteiger partial charge on any atom is 0.324 e. The van der Waals surface area contributed by atoms with Gasteiger partial charge < -0.3 is 4.90 Å². The van der Waals surface area contributed by atoms with Crippen molar-refractivity contribution in [2.75, 3.05) is 5.32 Å². The van der Waals surface area contributed by atoms with E-state index >= 15 is 0 Å². The summed E-state index contributed by atoms with van der Waals surface area (Å²) in [6.07, 6.45) is 6.41. The van der Waals surface area contributed by atoms with Crippen molar-refractivity contribution in [2.24, 2.45) is 0 Å². The highest BCUT2D eigenvalue weighted by Crippen LogP contribution is 2.37. The van der Waals surface area contributed by atoms with Gasteiger partial charge in [0.15, 0.2) is 5.13 Å². The van der Waals surface area contributed by atoms with Gasteiger partial charge in [-0.3, -0.25) is 5.32 Å². The van der Waals surface area contributed by atoms with Crippen LogP contribution in [0.25, 0.3) is 0 Å². The van der Waals surface area contributed by atoms with E-state index in [2.05, 4.69) is 10.3 Å². The van der Waals surface area contributed by atoms with Gasteiger partial charge in [0.25, 0.3) is 0 Å². The largest absolute Gasteiger partial charge is 0.324 e. The standard InChI is InChI=1S/C10H13N3OS/c14-10(12-9-11-5-6-15-9)13-7-1-2-8(13)4-3-7/h5-8H,1-4H2,(H,11,12,14). The Morgan fingerprint density at radius 1 is 1.40 bits per heavy atom. The lowest BCUT2D eigenvalue weighted by atomic mass is 10.0. The van der Waals surface area contributed by atoms with Gasteiger partial charge in [0.05, 0.1) is 0 Å². The molecule has 0 unspecified atom stereocenters. The molecule has 5 heteroatoms. The lowest BCUT2D eigenvalue weighted by molar-refractivity contribution is 0.206. The van der Waals surface area contributed by atoms with Crippen LogP contribution in [0.2, 0.25) is 0 Å². The van der Waals surface area contributed by atoms with E-state index in [1.54, 1.807) is 6.20 Å². The molecule has 2 fully saturated rings. The van der Waals surface area contributed by atoms with Gasteiger partial charge in [-0.15, -0.1) is 11.3 Å². The third-order valence-corrected chi connectivity index (χ3v) is 4.02. The summed E-state index contributed by atoms with van der Waals surface area (Å²) >= 11 is 1.46. The van der Waals surface area contributed by atoms with E-state index in [1.807, 2.05) is 10.3 Å². The molecule has 1 N–H and O–H groups in total. The van der Waals surface area contributed by atoms with Gasteiger partial charge >= 0.3 is 6.03 Å². The van der Waals surface area contributed by atoms with E-state index in [4.69, 9.17) is 0 Å². The molecule has 2 aliphatic heterocycles. The maximum atomic E-state index is 12.0. The number of anilines is 1. The average molecular weight is 223 g/mol. The topological polar surface area (TPSA) is 45.2 Å². The van der Waals surface area contributed by atoms with Gasteiger partial charge in [-0.2, -0.15) is 0 Å². The molecule has 15 heavy (non-hydrogen) atoms. The Labute approximate surface area is 92.3 Å². The molecule has 1 aromatic rings. The number of rotatable bonds is 1. The summed E-state index contributed by atoms with van der Waals surface area (Å²) in [6, 6.07) is 1.000. The van der Waals surface area contributed by atoms with Gasteiger partial charge in [-0.25, -0.2) is 9.78 Å². The Balaban J connectivity index is 1.70. The molecule has 80 valence electrons. The van der Waals surface area contributed by atoms with Crippen LogP contribution >= 0.6 is 11.3 Å². The first-order valence-corrected chi connectivity index (χ1v) is 6.21. The maximum absolute atomic E-state index is 12.0. The molecule has 2 saturated heterocycles. The smallest absolute Gasteiger partial charge is 0.319 e. The fourth-order valence-electron chi connectivity index (χ4n) is 2.69. The fraction of sp³-hybridized carbons (Fsp3) is 0.600. The zero-order chi connectivity index (χ0) is 10.3. The number of urea groups is 1. The van der Waals surface area contributed by atoms with Crippen LogP contribution in [0.5, 0.6) is 0 Å². The van der Waals surface area contributed by atoms with E-state index in [1.165, 1.54) is 37.0 Å². The molecule has 0 saturated carbocycles. The number of hydrogen-bond donors (Lipinski definition) is 1. The van der Waals surface area contributed by atoms with Crippen LogP contribution in [0.15, 0.2) is 11.6 Å². The first kappa shape index (κ1) is 9.15. The third-order valence-electron chi connectivity index (χ3n) is 3.33. The summed E-state index contributed by atoms with van der Waals surface area (Å²) in [7, 11) is 0. The lowest BCUT2D eigenvalue weighted by Crippen LogP contribution is -2.38. The molecule has 0 atom stereocenters. The minimum atomic E-state index is 0.0370. The molecule has 0 spiro atoms. The third kappa shape index (κ3) is 1.51. The van der Waals surface area contributed by atoms with Crippen molar-refractivity contribution in [3.63, 3.8) is 0 Å². The number of amides is 2. The van der Waals surface area contributed by atoms with Gasteiger partial charge in [0.1, 0.15) is 0 Å². The number of nitrogens with zero attached hydrogens (tertiary/aromatic N) is 2. The molecule has 2 aliphatic rings. The number of nitrogens with one attached hydrogen (secondary N) is 1. The van der Waals surface area contributed by atoms with Crippen LogP contribution in [0.4, 0.5) is 9.93 Å². The molecule has 0 aliphatic carbocycles. The highest BCUT2D eigenvalue weighted by Gasteiger charge is 2.42. The second kappa shape index (κ2) is 3.48. The zero-order valence-electron chi connectivity index (χ0n) is 8.35. The Morgan fingerprint density at radius 2 is 2.07 bits per heavy atom. The number of thiazole rings is 1. The minimum absolute atomic E-state index is 0.0370. The van der Waals surface area contributed by atoms with Crippen LogP contribution in [0.1, 0.15) is 25.7 Å². The first-order chi connectivity index (χ1) is 7.34. The predicted molar refractivity (Wildman–Crippen MR) is 59.0 cm³/mol. The molecule has 3 heterocycles.